The average molecular weight is 321 g/mol. The summed E-state index contributed by atoms with van der Waals surface area (Å²) in [6.07, 6.45) is 0.632. The number of nitrogens with zero attached hydrogens (tertiary/aromatic N) is 1. The van der Waals surface area contributed by atoms with Crippen molar-refractivity contribution >= 4 is 28.8 Å². The van der Waals surface area contributed by atoms with E-state index in [0.717, 1.165) is 5.75 Å². The van der Waals surface area contributed by atoms with Crippen molar-refractivity contribution in [3.63, 3.8) is 0 Å². The summed E-state index contributed by atoms with van der Waals surface area (Å²) < 4.78 is 5.11. The lowest BCUT2D eigenvalue weighted by Gasteiger charge is -2.13. The minimum absolute atomic E-state index is 0.0423. The van der Waals surface area contributed by atoms with Crippen LogP contribution in [0.3, 0.4) is 0 Å². The summed E-state index contributed by atoms with van der Waals surface area (Å²) in [5.41, 5.74) is 0.345. The van der Waals surface area contributed by atoms with E-state index in [0.29, 0.717) is 24.4 Å². The zero-order chi connectivity index (χ0) is 14.8. The number of hydrogen-bond acceptors (Lipinski definition) is 6. The van der Waals surface area contributed by atoms with Crippen molar-refractivity contribution in [3.8, 4) is 5.75 Å². The number of aromatic hydroxyl groups is 1. The molecule has 3 heterocycles. The van der Waals surface area contributed by atoms with Crippen LogP contribution in [0.1, 0.15) is 27.9 Å². The van der Waals surface area contributed by atoms with Crippen LogP contribution in [0.5, 0.6) is 5.75 Å². The molecule has 4 nitrogen and oxygen atoms in total. The van der Waals surface area contributed by atoms with Crippen LogP contribution in [0, 0.1) is 6.92 Å². The third kappa shape index (κ3) is 3.06. The average Bonchev–Trinajstić information content (AvgIpc) is 2.85. The highest BCUT2D eigenvalue weighted by Gasteiger charge is 2.24. The van der Waals surface area contributed by atoms with Gasteiger partial charge in [-0.25, -0.2) is 4.79 Å². The van der Waals surface area contributed by atoms with Crippen molar-refractivity contribution in [2.75, 3.05) is 12.3 Å². The van der Waals surface area contributed by atoms with Crippen LogP contribution in [0.4, 0.5) is 0 Å². The molecule has 2 aromatic heterocycles. The maximum absolute atomic E-state index is 12.1. The lowest BCUT2D eigenvalue weighted by molar-refractivity contribution is 0.432. The van der Waals surface area contributed by atoms with E-state index in [4.69, 9.17) is 4.42 Å². The lowest BCUT2D eigenvalue weighted by Crippen LogP contribution is -2.16. The lowest BCUT2D eigenvalue weighted by atomic mass is 10.1. The summed E-state index contributed by atoms with van der Waals surface area (Å²) in [5.74, 6) is 1.27. The molecule has 1 aliphatic rings. The van der Waals surface area contributed by atoms with Gasteiger partial charge in [-0.15, -0.1) is 11.3 Å². The number of rotatable bonds is 2. The van der Waals surface area contributed by atoms with Crippen molar-refractivity contribution in [2.24, 2.45) is 4.99 Å². The van der Waals surface area contributed by atoms with Gasteiger partial charge in [0.25, 0.3) is 0 Å². The van der Waals surface area contributed by atoms with Crippen molar-refractivity contribution in [1.29, 1.82) is 0 Å². The Kier molecular flexibility index (Phi) is 4.17. The van der Waals surface area contributed by atoms with Crippen LogP contribution in [0.25, 0.3) is 0 Å². The van der Waals surface area contributed by atoms with Crippen LogP contribution >= 0.6 is 23.1 Å². The molecule has 0 aromatic carbocycles. The SMILES string of the molecule is Cc1cc(O)c(C2=NCCS[C@@H](c3cccs3)C2)c(=O)o1. The van der Waals surface area contributed by atoms with Gasteiger partial charge in [-0.1, -0.05) is 6.07 Å². The fraction of sp³-hybridized carbons (Fsp3) is 0.333. The second-order valence-corrected chi connectivity index (χ2v) is 7.10. The maximum atomic E-state index is 12.1. The second-order valence-electron chi connectivity index (χ2n) is 4.81. The molecular formula is C15H15NO3S2. The van der Waals surface area contributed by atoms with Crippen molar-refractivity contribution in [3.05, 3.63) is 50.2 Å². The molecule has 0 saturated carbocycles. The number of thiophene rings is 1. The highest BCUT2D eigenvalue weighted by molar-refractivity contribution is 7.99. The molecule has 0 spiro atoms. The molecule has 0 saturated heterocycles. The van der Waals surface area contributed by atoms with E-state index in [1.807, 2.05) is 17.8 Å². The fourth-order valence-electron chi connectivity index (χ4n) is 2.37. The number of aryl methyl sites for hydroxylation is 1. The third-order valence-corrected chi connectivity index (χ3v) is 5.67. The van der Waals surface area contributed by atoms with Gasteiger partial charge in [-0.2, -0.15) is 11.8 Å². The van der Waals surface area contributed by atoms with E-state index in [1.54, 1.807) is 18.3 Å². The normalized spacial score (nSPS) is 19.1. The molecule has 0 radical (unpaired) electrons. The molecule has 1 aliphatic heterocycles. The molecule has 0 bridgehead atoms. The van der Waals surface area contributed by atoms with Gasteiger partial charge in [-0.3, -0.25) is 4.99 Å². The molecule has 2 aromatic rings. The van der Waals surface area contributed by atoms with Gasteiger partial charge in [-0.05, 0) is 18.4 Å². The molecule has 0 fully saturated rings. The monoisotopic (exact) mass is 321 g/mol. The van der Waals surface area contributed by atoms with Gasteiger partial charge in [0, 0.05) is 34.9 Å². The zero-order valence-electron chi connectivity index (χ0n) is 11.5. The van der Waals surface area contributed by atoms with E-state index in [1.165, 1.54) is 10.9 Å². The van der Waals surface area contributed by atoms with E-state index in [2.05, 4.69) is 16.4 Å². The third-order valence-electron chi connectivity index (χ3n) is 3.29. The quantitative estimate of drug-likeness (QED) is 0.921. The topological polar surface area (TPSA) is 62.8 Å². The number of thioether (sulfide) groups is 1. The molecule has 21 heavy (non-hydrogen) atoms. The summed E-state index contributed by atoms with van der Waals surface area (Å²) >= 11 is 3.54. The standard InChI is InChI=1S/C15H15NO3S2/c1-9-7-11(17)14(15(18)19-9)10-8-13(21-6-4-16-10)12-3-2-5-20-12/h2-3,5,7,13,17H,4,6,8H2,1H3/t13-/m1/s1. The summed E-state index contributed by atoms with van der Waals surface area (Å²) in [6.45, 7) is 2.29. The summed E-state index contributed by atoms with van der Waals surface area (Å²) in [5, 5.41) is 12.4. The van der Waals surface area contributed by atoms with Crippen LogP contribution in [-0.2, 0) is 0 Å². The van der Waals surface area contributed by atoms with Crippen LogP contribution in [-0.4, -0.2) is 23.1 Å². The Morgan fingerprint density at radius 3 is 3.05 bits per heavy atom. The van der Waals surface area contributed by atoms with E-state index >= 15 is 0 Å². The molecular weight excluding hydrogens is 306 g/mol. The Morgan fingerprint density at radius 2 is 2.33 bits per heavy atom. The van der Waals surface area contributed by atoms with Crippen molar-refractivity contribution < 1.29 is 9.52 Å². The minimum Gasteiger partial charge on any atom is -0.507 e. The first kappa shape index (κ1) is 14.4. The first-order valence-corrected chi connectivity index (χ1v) is 8.60. The molecule has 1 atom stereocenters. The van der Waals surface area contributed by atoms with Gasteiger partial charge in [0.2, 0.25) is 0 Å². The highest BCUT2D eigenvalue weighted by Crippen LogP contribution is 2.37. The van der Waals surface area contributed by atoms with Crippen molar-refractivity contribution in [2.45, 2.75) is 18.6 Å². The van der Waals surface area contributed by atoms with Crippen molar-refractivity contribution in [1.82, 2.24) is 0 Å². The fourth-order valence-corrected chi connectivity index (χ4v) is 4.45. The molecule has 0 amide bonds. The molecule has 110 valence electrons. The Bertz CT molecular complexity index is 719. The summed E-state index contributed by atoms with van der Waals surface area (Å²) in [4.78, 5) is 17.8. The Labute approximate surface area is 130 Å². The predicted molar refractivity (Wildman–Crippen MR) is 86.9 cm³/mol. The second kappa shape index (κ2) is 6.07. The van der Waals surface area contributed by atoms with Crippen LogP contribution < -0.4 is 5.63 Å². The van der Waals surface area contributed by atoms with Gasteiger partial charge >= 0.3 is 5.63 Å². The van der Waals surface area contributed by atoms with Crippen LogP contribution in [0.2, 0.25) is 0 Å². The van der Waals surface area contributed by atoms with Gasteiger partial charge in [0.15, 0.2) is 0 Å². The Morgan fingerprint density at radius 1 is 1.48 bits per heavy atom. The Hall–Kier alpha value is -1.53. The molecule has 3 rings (SSSR count). The summed E-state index contributed by atoms with van der Waals surface area (Å²) in [7, 11) is 0. The minimum atomic E-state index is -0.511. The highest BCUT2D eigenvalue weighted by atomic mass is 32.2. The maximum Gasteiger partial charge on any atom is 0.348 e. The van der Waals surface area contributed by atoms with Crippen LogP contribution in [0.15, 0.2) is 37.8 Å². The summed E-state index contributed by atoms with van der Waals surface area (Å²) in [6, 6.07) is 5.60. The van der Waals surface area contributed by atoms with Gasteiger partial charge < -0.3 is 9.52 Å². The Balaban J connectivity index is 1.98. The van der Waals surface area contributed by atoms with E-state index in [9.17, 15) is 9.90 Å². The molecule has 1 N–H and O–H groups in total. The molecule has 0 unspecified atom stereocenters. The van der Waals surface area contributed by atoms with E-state index in [-0.39, 0.29) is 16.6 Å². The first-order valence-electron chi connectivity index (χ1n) is 6.67. The van der Waals surface area contributed by atoms with Gasteiger partial charge in [0.05, 0.1) is 5.71 Å². The first-order chi connectivity index (χ1) is 10.1. The largest absolute Gasteiger partial charge is 0.507 e. The zero-order valence-corrected chi connectivity index (χ0v) is 13.2. The molecule has 0 aliphatic carbocycles. The molecule has 6 heteroatoms. The number of hydrogen-bond donors (Lipinski definition) is 1. The smallest absolute Gasteiger partial charge is 0.348 e. The predicted octanol–water partition coefficient (Wildman–Crippen LogP) is 3.38. The number of aliphatic imine (C=N–C) groups is 1. The van der Waals surface area contributed by atoms with Gasteiger partial charge in [0.1, 0.15) is 17.1 Å². The van der Waals surface area contributed by atoms with E-state index < -0.39 is 5.63 Å².